The van der Waals surface area contributed by atoms with Crippen LogP contribution in [0.1, 0.15) is 5.56 Å². The van der Waals surface area contributed by atoms with Crippen LogP contribution in [0.15, 0.2) is 77.7 Å². The van der Waals surface area contributed by atoms with Crippen LogP contribution in [0.4, 0.5) is 11.5 Å². The molecule has 2 heterocycles. The fourth-order valence-electron chi connectivity index (χ4n) is 4.63. The molecular weight excluding hydrogens is 492 g/mol. The van der Waals surface area contributed by atoms with Gasteiger partial charge in [0.05, 0.1) is 22.4 Å². The highest BCUT2D eigenvalue weighted by molar-refractivity contribution is 7.92. The Bertz CT molecular complexity index is 1430. The van der Waals surface area contributed by atoms with Crippen LogP contribution in [0.5, 0.6) is 5.75 Å². The van der Waals surface area contributed by atoms with Gasteiger partial charge in [0.15, 0.2) is 0 Å². The molecule has 0 amide bonds. The number of hydrogen-bond acceptors (Lipinski definition) is 7. The van der Waals surface area contributed by atoms with Gasteiger partial charge >= 0.3 is 0 Å². The summed E-state index contributed by atoms with van der Waals surface area (Å²) in [6.45, 7) is 4.64. The van der Waals surface area contributed by atoms with Crippen molar-refractivity contribution in [3.63, 3.8) is 0 Å². The molecule has 0 atom stereocenters. The summed E-state index contributed by atoms with van der Waals surface area (Å²) < 4.78 is 39.1. The lowest BCUT2D eigenvalue weighted by Gasteiger charge is -2.35. The van der Waals surface area contributed by atoms with Crippen molar-refractivity contribution in [2.75, 3.05) is 56.1 Å². The lowest BCUT2D eigenvalue weighted by atomic mass is 10.1. The lowest BCUT2D eigenvalue weighted by Crippen LogP contribution is -2.47. The van der Waals surface area contributed by atoms with Gasteiger partial charge in [-0.1, -0.05) is 30.3 Å². The van der Waals surface area contributed by atoms with Gasteiger partial charge in [-0.3, -0.25) is 9.21 Å². The van der Waals surface area contributed by atoms with Crippen molar-refractivity contribution in [3.8, 4) is 5.75 Å². The SMILES string of the molecule is COc1ccc(S(=O)(=O)N(C)c2ccccc2CCN2CCN(c3nsc4ccccc34)CC2)cc1. The highest BCUT2D eigenvalue weighted by Gasteiger charge is 2.24. The van der Waals surface area contributed by atoms with E-state index in [2.05, 4.69) is 34.1 Å². The van der Waals surface area contributed by atoms with Crippen LogP contribution in [-0.2, 0) is 16.4 Å². The Morgan fingerprint density at radius 1 is 0.944 bits per heavy atom. The average Bonchev–Trinajstić information content (AvgIpc) is 3.36. The Hall–Kier alpha value is -3.14. The third kappa shape index (κ3) is 4.91. The van der Waals surface area contributed by atoms with Crippen LogP contribution < -0.4 is 13.9 Å². The minimum absolute atomic E-state index is 0.242. The second-order valence-electron chi connectivity index (χ2n) is 8.86. The molecule has 4 aromatic rings. The number of rotatable bonds is 8. The van der Waals surface area contributed by atoms with Crippen molar-refractivity contribution in [2.24, 2.45) is 0 Å². The van der Waals surface area contributed by atoms with Crippen molar-refractivity contribution < 1.29 is 13.2 Å². The average molecular weight is 523 g/mol. The Labute approximate surface area is 216 Å². The summed E-state index contributed by atoms with van der Waals surface area (Å²) in [4.78, 5) is 5.06. The van der Waals surface area contributed by atoms with E-state index in [1.54, 1.807) is 50.0 Å². The third-order valence-corrected chi connectivity index (χ3v) is 9.38. The van der Waals surface area contributed by atoms with E-state index in [1.807, 2.05) is 24.3 Å². The summed E-state index contributed by atoms with van der Waals surface area (Å²) in [5.41, 5.74) is 1.73. The summed E-state index contributed by atoms with van der Waals surface area (Å²) >= 11 is 1.56. The van der Waals surface area contributed by atoms with Gasteiger partial charge in [-0.15, -0.1) is 0 Å². The first-order chi connectivity index (χ1) is 17.5. The van der Waals surface area contributed by atoms with E-state index in [-0.39, 0.29) is 4.90 Å². The first-order valence-electron chi connectivity index (χ1n) is 12.0. The van der Waals surface area contributed by atoms with Gasteiger partial charge in [0, 0.05) is 45.2 Å². The van der Waals surface area contributed by atoms with E-state index in [9.17, 15) is 8.42 Å². The Balaban J connectivity index is 1.24. The smallest absolute Gasteiger partial charge is 0.264 e. The molecule has 0 spiro atoms. The quantitative estimate of drug-likeness (QED) is 0.340. The molecule has 1 fully saturated rings. The van der Waals surface area contributed by atoms with Crippen molar-refractivity contribution in [3.05, 3.63) is 78.4 Å². The minimum atomic E-state index is -3.68. The first kappa shape index (κ1) is 24.5. The number of anilines is 2. The molecule has 1 aromatic heterocycles. The molecule has 1 aliphatic heterocycles. The first-order valence-corrected chi connectivity index (χ1v) is 14.2. The summed E-state index contributed by atoms with van der Waals surface area (Å²) in [6, 6.07) is 22.6. The van der Waals surface area contributed by atoms with E-state index in [4.69, 9.17) is 9.11 Å². The van der Waals surface area contributed by atoms with E-state index in [0.29, 0.717) is 11.4 Å². The van der Waals surface area contributed by atoms with Crippen LogP contribution in [-0.4, -0.2) is 64.6 Å². The summed E-state index contributed by atoms with van der Waals surface area (Å²) in [6.07, 6.45) is 0.776. The maximum Gasteiger partial charge on any atom is 0.264 e. The monoisotopic (exact) mass is 522 g/mol. The number of sulfonamides is 1. The van der Waals surface area contributed by atoms with E-state index in [1.165, 1.54) is 14.4 Å². The molecule has 3 aromatic carbocycles. The number of piperazine rings is 1. The highest BCUT2D eigenvalue weighted by Crippen LogP contribution is 2.30. The zero-order valence-corrected chi connectivity index (χ0v) is 22.1. The fourth-order valence-corrected chi connectivity index (χ4v) is 6.66. The van der Waals surface area contributed by atoms with Gasteiger partial charge in [-0.2, -0.15) is 4.37 Å². The van der Waals surface area contributed by atoms with Crippen molar-refractivity contribution in [1.82, 2.24) is 9.27 Å². The molecule has 7 nitrogen and oxygen atoms in total. The maximum absolute atomic E-state index is 13.3. The predicted molar refractivity (Wildman–Crippen MR) is 147 cm³/mol. The van der Waals surface area contributed by atoms with E-state index >= 15 is 0 Å². The van der Waals surface area contributed by atoms with Crippen molar-refractivity contribution in [2.45, 2.75) is 11.3 Å². The number of ether oxygens (including phenoxy) is 1. The molecule has 188 valence electrons. The van der Waals surface area contributed by atoms with Crippen LogP contribution in [0.3, 0.4) is 0 Å². The summed E-state index contributed by atoms with van der Waals surface area (Å²) in [7, 11) is -0.499. The maximum atomic E-state index is 13.3. The lowest BCUT2D eigenvalue weighted by molar-refractivity contribution is 0.261. The van der Waals surface area contributed by atoms with Crippen LogP contribution in [0, 0.1) is 0 Å². The molecule has 0 bridgehead atoms. The Kier molecular flexibility index (Phi) is 7.13. The molecular formula is C27H30N4O3S2. The topological polar surface area (TPSA) is 66.0 Å². The predicted octanol–water partition coefficient (Wildman–Crippen LogP) is 4.49. The van der Waals surface area contributed by atoms with Crippen molar-refractivity contribution in [1.29, 1.82) is 0 Å². The number of methoxy groups -OCH3 is 1. The Morgan fingerprint density at radius 2 is 1.64 bits per heavy atom. The highest BCUT2D eigenvalue weighted by atomic mass is 32.2. The third-order valence-electron chi connectivity index (χ3n) is 6.78. The van der Waals surface area contributed by atoms with Crippen LogP contribution >= 0.6 is 11.5 Å². The van der Waals surface area contributed by atoms with Gasteiger partial charge in [-0.25, -0.2) is 8.42 Å². The summed E-state index contributed by atoms with van der Waals surface area (Å²) in [5, 5.41) is 1.23. The molecule has 36 heavy (non-hydrogen) atoms. The second kappa shape index (κ2) is 10.5. The normalized spacial score (nSPS) is 14.8. The van der Waals surface area contributed by atoms with Crippen molar-refractivity contribution >= 4 is 43.1 Å². The molecule has 0 radical (unpaired) electrons. The summed E-state index contributed by atoms with van der Waals surface area (Å²) in [5.74, 6) is 1.71. The molecule has 5 rings (SSSR count). The number of hydrogen-bond donors (Lipinski definition) is 0. The Morgan fingerprint density at radius 3 is 2.39 bits per heavy atom. The van der Waals surface area contributed by atoms with Crippen LogP contribution in [0.25, 0.3) is 10.1 Å². The van der Waals surface area contributed by atoms with Gasteiger partial charge in [0.25, 0.3) is 10.0 Å². The second-order valence-corrected chi connectivity index (χ2v) is 11.6. The molecule has 0 unspecified atom stereocenters. The van der Waals surface area contributed by atoms with Gasteiger partial charge in [0.2, 0.25) is 0 Å². The van der Waals surface area contributed by atoms with Gasteiger partial charge < -0.3 is 9.64 Å². The molecule has 1 saturated heterocycles. The largest absolute Gasteiger partial charge is 0.497 e. The van der Waals surface area contributed by atoms with Crippen LogP contribution in [0.2, 0.25) is 0 Å². The molecule has 9 heteroatoms. The van der Waals surface area contributed by atoms with Gasteiger partial charge in [0.1, 0.15) is 11.6 Å². The zero-order chi connectivity index (χ0) is 25.1. The van der Waals surface area contributed by atoms with Gasteiger partial charge in [-0.05, 0) is 66.0 Å². The van der Waals surface area contributed by atoms with E-state index < -0.39 is 10.0 Å². The van der Waals surface area contributed by atoms with E-state index in [0.717, 1.165) is 50.5 Å². The standard InChI is InChI=1S/C27H30N4O3S2/c1-29(36(32,33)23-13-11-22(34-2)12-14-23)25-9-5-3-7-21(25)15-16-30-17-19-31(20-18-30)27-24-8-4-6-10-26(24)35-28-27/h3-14H,15-20H2,1-2H3. The number of nitrogens with zero attached hydrogens (tertiary/aromatic N) is 4. The number of benzene rings is 3. The fraction of sp³-hybridized carbons (Fsp3) is 0.296. The molecule has 1 aliphatic rings. The number of fused-ring (bicyclic) bond motifs is 1. The molecule has 0 saturated carbocycles. The zero-order valence-electron chi connectivity index (χ0n) is 20.5. The molecule has 0 aliphatic carbocycles. The number of aromatic nitrogens is 1. The molecule has 0 N–H and O–H groups in total. The number of para-hydroxylation sites is 1. The minimum Gasteiger partial charge on any atom is -0.497 e.